The first-order valence-corrected chi connectivity index (χ1v) is 12.2. The monoisotopic (exact) mass is 434 g/mol. The molecule has 3 rings (SSSR count). The highest BCUT2D eigenvalue weighted by atomic mass is 32.2. The summed E-state index contributed by atoms with van der Waals surface area (Å²) < 4.78 is 32.2. The fraction of sp³-hybridized carbons (Fsp3) is 0.381. The van der Waals surface area contributed by atoms with Gasteiger partial charge in [0.05, 0.1) is 17.0 Å². The van der Waals surface area contributed by atoms with Crippen molar-refractivity contribution in [2.75, 3.05) is 32.0 Å². The van der Waals surface area contributed by atoms with Crippen LogP contribution in [0, 0.1) is 0 Å². The molecular weight excluding hydrogens is 408 g/mol. The highest BCUT2D eigenvalue weighted by molar-refractivity contribution is 7.99. The van der Waals surface area contributed by atoms with Crippen LogP contribution in [0.3, 0.4) is 0 Å². The van der Waals surface area contributed by atoms with Crippen molar-refractivity contribution in [3.05, 3.63) is 54.1 Å². The number of benzene rings is 2. The van der Waals surface area contributed by atoms with Gasteiger partial charge in [-0.15, -0.1) is 11.8 Å². The molecule has 1 heterocycles. The average Bonchev–Trinajstić information content (AvgIpc) is 3.28. The van der Waals surface area contributed by atoms with E-state index in [1.165, 1.54) is 4.31 Å². The van der Waals surface area contributed by atoms with Crippen molar-refractivity contribution in [1.29, 1.82) is 0 Å². The largest absolute Gasteiger partial charge is 0.492 e. The fourth-order valence-corrected chi connectivity index (χ4v) is 5.47. The second kappa shape index (κ2) is 10.1. The van der Waals surface area contributed by atoms with Crippen molar-refractivity contribution < 1.29 is 17.9 Å². The molecule has 2 aromatic rings. The van der Waals surface area contributed by atoms with Gasteiger partial charge in [-0.25, -0.2) is 8.42 Å². The summed E-state index contributed by atoms with van der Waals surface area (Å²) in [5, 5.41) is 2.86. The Labute approximate surface area is 176 Å². The zero-order valence-electron chi connectivity index (χ0n) is 16.5. The topological polar surface area (TPSA) is 75.7 Å². The standard InChI is InChI=1S/C21H26N2O4S2/c1-2-28-20-8-4-3-7-19(20)21(24)22-13-16-27-17-9-11-18(12-10-17)29(25,26)23-14-5-6-15-23/h3-4,7-12H,2,5-6,13-16H2,1H3,(H,22,24). The molecule has 1 fully saturated rings. The molecule has 6 nitrogen and oxygen atoms in total. The van der Waals surface area contributed by atoms with Gasteiger partial charge < -0.3 is 10.1 Å². The number of nitrogens with zero attached hydrogens (tertiary/aromatic N) is 1. The van der Waals surface area contributed by atoms with E-state index in [1.807, 2.05) is 24.3 Å². The molecular formula is C21H26N2O4S2. The molecule has 0 bridgehead atoms. The van der Waals surface area contributed by atoms with Gasteiger partial charge in [0.1, 0.15) is 12.4 Å². The lowest BCUT2D eigenvalue weighted by Gasteiger charge is -2.15. The van der Waals surface area contributed by atoms with Gasteiger partial charge in [-0.05, 0) is 55.0 Å². The quantitative estimate of drug-likeness (QED) is 0.484. The summed E-state index contributed by atoms with van der Waals surface area (Å²) in [5.41, 5.74) is 0.663. The number of amides is 1. The summed E-state index contributed by atoms with van der Waals surface area (Å²) >= 11 is 1.63. The van der Waals surface area contributed by atoms with Crippen LogP contribution in [0.2, 0.25) is 0 Å². The van der Waals surface area contributed by atoms with E-state index in [0.717, 1.165) is 23.5 Å². The number of ether oxygens (including phenoxy) is 1. The molecule has 0 aromatic heterocycles. The van der Waals surface area contributed by atoms with E-state index in [-0.39, 0.29) is 10.8 Å². The second-order valence-corrected chi connectivity index (χ2v) is 9.86. The van der Waals surface area contributed by atoms with Crippen molar-refractivity contribution >= 4 is 27.7 Å². The molecule has 1 saturated heterocycles. The molecule has 2 aromatic carbocycles. The van der Waals surface area contributed by atoms with E-state index in [9.17, 15) is 13.2 Å². The zero-order chi connectivity index (χ0) is 20.7. The van der Waals surface area contributed by atoms with E-state index >= 15 is 0 Å². The van der Waals surface area contributed by atoms with Gasteiger partial charge in [0.25, 0.3) is 5.91 Å². The maximum Gasteiger partial charge on any atom is 0.252 e. The van der Waals surface area contributed by atoms with Gasteiger partial charge in [0.2, 0.25) is 10.0 Å². The highest BCUT2D eigenvalue weighted by Crippen LogP contribution is 2.23. The van der Waals surface area contributed by atoms with E-state index in [4.69, 9.17) is 4.74 Å². The first kappa shape index (κ1) is 21.7. The predicted molar refractivity (Wildman–Crippen MR) is 115 cm³/mol. The zero-order valence-corrected chi connectivity index (χ0v) is 18.1. The first-order chi connectivity index (χ1) is 14.0. The predicted octanol–water partition coefficient (Wildman–Crippen LogP) is 3.39. The van der Waals surface area contributed by atoms with Gasteiger partial charge >= 0.3 is 0 Å². The molecule has 156 valence electrons. The van der Waals surface area contributed by atoms with Crippen LogP contribution in [0.4, 0.5) is 0 Å². The lowest BCUT2D eigenvalue weighted by atomic mass is 10.2. The summed E-state index contributed by atoms with van der Waals surface area (Å²) in [4.78, 5) is 13.6. The number of hydrogen-bond donors (Lipinski definition) is 1. The summed E-state index contributed by atoms with van der Waals surface area (Å²) in [6, 6.07) is 14.0. The Hall–Kier alpha value is -2.03. The normalized spacial score (nSPS) is 14.7. The summed E-state index contributed by atoms with van der Waals surface area (Å²) in [5.74, 6) is 1.34. The summed E-state index contributed by atoms with van der Waals surface area (Å²) in [7, 11) is -3.41. The molecule has 0 saturated carbocycles. The lowest BCUT2D eigenvalue weighted by Crippen LogP contribution is -2.28. The Morgan fingerprint density at radius 1 is 1.10 bits per heavy atom. The minimum atomic E-state index is -3.41. The molecule has 1 N–H and O–H groups in total. The first-order valence-electron chi connectivity index (χ1n) is 9.75. The van der Waals surface area contributed by atoms with Crippen LogP contribution in [0.1, 0.15) is 30.1 Å². The van der Waals surface area contributed by atoms with Crippen LogP contribution >= 0.6 is 11.8 Å². The molecule has 0 aliphatic carbocycles. The third-order valence-corrected chi connectivity index (χ3v) is 7.48. The molecule has 1 aliphatic rings. The van der Waals surface area contributed by atoms with Crippen molar-refractivity contribution in [2.24, 2.45) is 0 Å². The van der Waals surface area contributed by atoms with Gasteiger partial charge in [0.15, 0.2) is 0 Å². The number of hydrogen-bond acceptors (Lipinski definition) is 5. The Balaban J connectivity index is 1.49. The number of carbonyl (C=O) groups excluding carboxylic acids is 1. The molecule has 0 spiro atoms. The van der Waals surface area contributed by atoms with Crippen molar-refractivity contribution in [3.8, 4) is 5.75 Å². The smallest absolute Gasteiger partial charge is 0.252 e. The van der Waals surface area contributed by atoms with Gasteiger partial charge in [-0.2, -0.15) is 4.31 Å². The third kappa shape index (κ3) is 5.52. The van der Waals surface area contributed by atoms with E-state index < -0.39 is 10.0 Å². The lowest BCUT2D eigenvalue weighted by molar-refractivity contribution is 0.0944. The summed E-state index contributed by atoms with van der Waals surface area (Å²) in [6.07, 6.45) is 1.82. The molecule has 0 atom stereocenters. The molecule has 8 heteroatoms. The van der Waals surface area contributed by atoms with Crippen molar-refractivity contribution in [2.45, 2.75) is 29.6 Å². The van der Waals surface area contributed by atoms with Crippen LogP contribution < -0.4 is 10.1 Å². The van der Waals surface area contributed by atoms with Crippen LogP contribution in [0.15, 0.2) is 58.3 Å². The minimum Gasteiger partial charge on any atom is -0.492 e. The highest BCUT2D eigenvalue weighted by Gasteiger charge is 2.26. The number of rotatable bonds is 9. The van der Waals surface area contributed by atoms with Crippen LogP contribution in [0.25, 0.3) is 0 Å². The molecule has 0 unspecified atom stereocenters. The van der Waals surface area contributed by atoms with Gasteiger partial charge in [-0.1, -0.05) is 19.1 Å². The number of thioether (sulfide) groups is 1. The molecule has 29 heavy (non-hydrogen) atoms. The SMILES string of the molecule is CCSc1ccccc1C(=O)NCCOc1ccc(S(=O)(=O)N2CCCC2)cc1. The second-order valence-electron chi connectivity index (χ2n) is 6.62. The molecule has 1 aliphatic heterocycles. The third-order valence-electron chi connectivity index (χ3n) is 4.61. The van der Waals surface area contributed by atoms with E-state index in [2.05, 4.69) is 12.2 Å². The van der Waals surface area contributed by atoms with E-state index in [1.54, 1.807) is 36.0 Å². The summed E-state index contributed by atoms with van der Waals surface area (Å²) in [6.45, 7) is 3.88. The minimum absolute atomic E-state index is 0.128. The van der Waals surface area contributed by atoms with Gasteiger partial charge in [0, 0.05) is 18.0 Å². The van der Waals surface area contributed by atoms with Crippen molar-refractivity contribution in [1.82, 2.24) is 9.62 Å². The Bertz CT molecular complexity index is 924. The number of nitrogens with one attached hydrogen (secondary N) is 1. The number of sulfonamides is 1. The maximum atomic E-state index is 12.5. The Morgan fingerprint density at radius 2 is 1.79 bits per heavy atom. The van der Waals surface area contributed by atoms with E-state index in [0.29, 0.717) is 37.6 Å². The Kier molecular flexibility index (Phi) is 7.57. The average molecular weight is 435 g/mol. The molecule has 1 amide bonds. The van der Waals surface area contributed by atoms with Crippen LogP contribution in [-0.2, 0) is 10.0 Å². The van der Waals surface area contributed by atoms with Crippen LogP contribution in [-0.4, -0.2) is 50.6 Å². The van der Waals surface area contributed by atoms with Crippen LogP contribution in [0.5, 0.6) is 5.75 Å². The number of carbonyl (C=O) groups is 1. The van der Waals surface area contributed by atoms with Gasteiger partial charge in [-0.3, -0.25) is 4.79 Å². The van der Waals surface area contributed by atoms with Crippen molar-refractivity contribution in [3.63, 3.8) is 0 Å². The maximum absolute atomic E-state index is 12.5. The fourth-order valence-electron chi connectivity index (χ4n) is 3.15. The molecule has 0 radical (unpaired) electrons. The Morgan fingerprint density at radius 3 is 2.48 bits per heavy atom.